The van der Waals surface area contributed by atoms with Crippen LogP contribution in [0.5, 0.6) is 0 Å². The molecule has 1 saturated heterocycles. The Morgan fingerprint density at radius 1 is 0.852 bits per heavy atom. The van der Waals surface area contributed by atoms with E-state index < -0.39 is 0 Å². The van der Waals surface area contributed by atoms with Gasteiger partial charge in [-0.15, -0.1) is 0 Å². The molecule has 5 fully saturated rings. The number of ether oxygens (including phenoxy) is 2. The second-order valence-corrected chi connectivity index (χ2v) is 12.4. The lowest BCUT2D eigenvalue weighted by Gasteiger charge is -2.62. The van der Waals surface area contributed by atoms with Gasteiger partial charge >= 0.3 is 0 Å². The highest BCUT2D eigenvalue weighted by Gasteiger charge is 2.65. The lowest BCUT2D eigenvalue weighted by molar-refractivity contribution is -0.138. The molecule has 0 aromatic carbocycles. The van der Waals surface area contributed by atoms with E-state index >= 15 is 0 Å². The SMILES string of the molecule is COC[C@@]1(C)CC[C@@]2(C)[C@H](CC[C@@H]3[C@@H]2CC[C@]2(C)[C@@H](C4(C)CO4)CC[C@@H]32)C1. The molecule has 5 aliphatic rings. The molecule has 2 heteroatoms. The van der Waals surface area contributed by atoms with Crippen LogP contribution in [0.15, 0.2) is 0 Å². The van der Waals surface area contributed by atoms with Crippen LogP contribution in [-0.2, 0) is 9.47 Å². The van der Waals surface area contributed by atoms with Crippen molar-refractivity contribution in [1.82, 2.24) is 0 Å². The first kappa shape index (κ1) is 18.9. The van der Waals surface area contributed by atoms with Crippen LogP contribution in [0.4, 0.5) is 0 Å². The van der Waals surface area contributed by atoms with Crippen LogP contribution in [0.3, 0.4) is 0 Å². The van der Waals surface area contributed by atoms with E-state index in [4.69, 9.17) is 9.47 Å². The van der Waals surface area contributed by atoms with E-state index in [0.717, 1.165) is 42.8 Å². The highest BCUT2D eigenvalue weighted by atomic mass is 16.6. The summed E-state index contributed by atoms with van der Waals surface area (Å²) in [4.78, 5) is 0. The van der Waals surface area contributed by atoms with E-state index in [0.29, 0.717) is 16.2 Å². The number of methoxy groups -OCH3 is 1. The van der Waals surface area contributed by atoms with Crippen molar-refractivity contribution in [3.63, 3.8) is 0 Å². The Kier molecular flexibility index (Phi) is 4.18. The summed E-state index contributed by atoms with van der Waals surface area (Å²) in [6.07, 6.45) is 13.0. The van der Waals surface area contributed by atoms with Gasteiger partial charge in [0.05, 0.1) is 18.8 Å². The van der Waals surface area contributed by atoms with Gasteiger partial charge in [0.15, 0.2) is 0 Å². The third kappa shape index (κ3) is 2.64. The Bertz CT molecular complexity index is 597. The smallest absolute Gasteiger partial charge is 0.0921 e. The fourth-order valence-corrected chi connectivity index (χ4v) is 9.33. The largest absolute Gasteiger partial charge is 0.384 e. The van der Waals surface area contributed by atoms with Gasteiger partial charge in [-0.2, -0.15) is 0 Å². The second-order valence-electron chi connectivity index (χ2n) is 12.4. The summed E-state index contributed by atoms with van der Waals surface area (Å²) in [6, 6.07) is 0. The van der Waals surface area contributed by atoms with Crippen molar-refractivity contribution >= 4 is 0 Å². The molecule has 5 rings (SSSR count). The number of hydrogen-bond donors (Lipinski definition) is 0. The third-order valence-electron chi connectivity index (χ3n) is 10.9. The predicted octanol–water partition coefficient (Wildman–Crippen LogP) is 6.09. The normalized spacial score (nSPS) is 59.7. The molecule has 0 radical (unpaired) electrons. The lowest BCUT2D eigenvalue weighted by atomic mass is 9.43. The Morgan fingerprint density at radius 2 is 1.59 bits per heavy atom. The van der Waals surface area contributed by atoms with Crippen LogP contribution in [0, 0.1) is 45.8 Å². The molecule has 0 aromatic heterocycles. The second kappa shape index (κ2) is 5.97. The highest BCUT2D eigenvalue weighted by molar-refractivity contribution is 5.14. The molecule has 1 aliphatic heterocycles. The molecule has 0 spiro atoms. The van der Waals surface area contributed by atoms with Gasteiger partial charge in [0.25, 0.3) is 0 Å². The van der Waals surface area contributed by atoms with Crippen molar-refractivity contribution in [2.45, 2.75) is 91.1 Å². The molecule has 27 heavy (non-hydrogen) atoms. The van der Waals surface area contributed by atoms with Gasteiger partial charge in [-0.05, 0) is 111 Å². The van der Waals surface area contributed by atoms with E-state index in [2.05, 4.69) is 27.7 Å². The zero-order valence-electron chi connectivity index (χ0n) is 18.5. The first-order valence-electron chi connectivity index (χ1n) is 11.9. The number of rotatable bonds is 3. The van der Waals surface area contributed by atoms with Crippen LogP contribution >= 0.6 is 0 Å². The first-order chi connectivity index (χ1) is 12.7. The standard InChI is InChI=1S/C25H42O2/c1-22(15-26-5)12-13-23(2)17(14-22)6-7-18-19-8-9-21(25(4)16-27-25)24(19,3)11-10-20(18)23/h17-21H,6-16H2,1-5H3/t17-,18+,19+,20+,21+,22+,23+,24+,25?/m1/s1. The molecule has 1 heterocycles. The fraction of sp³-hybridized carbons (Fsp3) is 1.00. The molecular weight excluding hydrogens is 332 g/mol. The van der Waals surface area contributed by atoms with Gasteiger partial charge in [0.2, 0.25) is 0 Å². The maximum Gasteiger partial charge on any atom is 0.0921 e. The fourth-order valence-electron chi connectivity index (χ4n) is 9.33. The van der Waals surface area contributed by atoms with Crippen LogP contribution in [-0.4, -0.2) is 25.9 Å². The Balaban J connectivity index is 1.38. The van der Waals surface area contributed by atoms with Crippen LogP contribution in [0.1, 0.15) is 85.5 Å². The summed E-state index contributed by atoms with van der Waals surface area (Å²) in [5.41, 5.74) is 1.79. The molecule has 0 aromatic rings. The van der Waals surface area contributed by atoms with E-state index in [1.165, 1.54) is 57.8 Å². The molecule has 9 atom stereocenters. The molecule has 2 nitrogen and oxygen atoms in total. The summed E-state index contributed by atoms with van der Waals surface area (Å²) in [7, 11) is 1.89. The summed E-state index contributed by atoms with van der Waals surface area (Å²) in [5, 5.41) is 0. The zero-order valence-corrected chi connectivity index (χ0v) is 18.5. The van der Waals surface area contributed by atoms with Gasteiger partial charge in [0.1, 0.15) is 0 Å². The summed E-state index contributed by atoms with van der Waals surface area (Å²) >= 11 is 0. The molecule has 4 saturated carbocycles. The predicted molar refractivity (Wildman–Crippen MR) is 110 cm³/mol. The van der Waals surface area contributed by atoms with Crippen molar-refractivity contribution in [2.24, 2.45) is 45.8 Å². The molecule has 1 unspecified atom stereocenters. The van der Waals surface area contributed by atoms with Crippen LogP contribution < -0.4 is 0 Å². The molecule has 154 valence electrons. The zero-order chi connectivity index (χ0) is 19.1. The Labute approximate surface area is 167 Å². The minimum absolute atomic E-state index is 0.226. The summed E-state index contributed by atoms with van der Waals surface area (Å²) in [6.45, 7) is 12.2. The maximum atomic E-state index is 5.97. The van der Waals surface area contributed by atoms with Gasteiger partial charge in [-0.25, -0.2) is 0 Å². The molecule has 4 aliphatic carbocycles. The lowest BCUT2D eigenvalue weighted by Crippen LogP contribution is -2.55. The third-order valence-corrected chi connectivity index (χ3v) is 10.9. The molecular formula is C25H42O2. The van der Waals surface area contributed by atoms with E-state index in [-0.39, 0.29) is 5.60 Å². The Hall–Kier alpha value is -0.0800. The van der Waals surface area contributed by atoms with Gasteiger partial charge in [-0.3, -0.25) is 0 Å². The molecule has 0 amide bonds. The maximum absolute atomic E-state index is 5.97. The minimum atomic E-state index is 0.226. The van der Waals surface area contributed by atoms with Gasteiger partial charge in [-0.1, -0.05) is 20.8 Å². The highest BCUT2D eigenvalue weighted by Crippen LogP contribution is 2.70. The van der Waals surface area contributed by atoms with Crippen molar-refractivity contribution in [3.8, 4) is 0 Å². The first-order valence-corrected chi connectivity index (χ1v) is 11.9. The van der Waals surface area contributed by atoms with E-state index in [1.54, 1.807) is 0 Å². The average molecular weight is 375 g/mol. The number of fused-ring (bicyclic) bond motifs is 5. The summed E-state index contributed by atoms with van der Waals surface area (Å²) in [5.74, 6) is 4.68. The monoisotopic (exact) mass is 374 g/mol. The summed E-state index contributed by atoms with van der Waals surface area (Å²) < 4.78 is 11.6. The Morgan fingerprint density at radius 3 is 2.30 bits per heavy atom. The topological polar surface area (TPSA) is 21.8 Å². The van der Waals surface area contributed by atoms with E-state index in [9.17, 15) is 0 Å². The average Bonchev–Trinajstić information content (AvgIpc) is 3.24. The minimum Gasteiger partial charge on any atom is -0.384 e. The van der Waals surface area contributed by atoms with Gasteiger partial charge < -0.3 is 9.47 Å². The van der Waals surface area contributed by atoms with Crippen molar-refractivity contribution < 1.29 is 9.47 Å². The van der Waals surface area contributed by atoms with Gasteiger partial charge in [0, 0.05) is 7.11 Å². The quantitative estimate of drug-likeness (QED) is 0.558. The molecule has 0 N–H and O–H groups in total. The molecule has 0 bridgehead atoms. The van der Waals surface area contributed by atoms with Crippen LogP contribution in [0.2, 0.25) is 0 Å². The van der Waals surface area contributed by atoms with Crippen molar-refractivity contribution in [3.05, 3.63) is 0 Å². The number of epoxide rings is 1. The van der Waals surface area contributed by atoms with E-state index in [1.807, 2.05) is 7.11 Å². The van der Waals surface area contributed by atoms with Crippen molar-refractivity contribution in [1.29, 1.82) is 0 Å². The number of hydrogen-bond acceptors (Lipinski definition) is 2. The van der Waals surface area contributed by atoms with Crippen LogP contribution in [0.25, 0.3) is 0 Å². The van der Waals surface area contributed by atoms with Crippen molar-refractivity contribution in [2.75, 3.05) is 20.3 Å².